The van der Waals surface area contributed by atoms with Crippen molar-refractivity contribution in [2.75, 3.05) is 0 Å². The van der Waals surface area contributed by atoms with Crippen molar-refractivity contribution in [3.63, 3.8) is 0 Å². The van der Waals surface area contributed by atoms with Crippen LogP contribution in [0, 0.1) is 4.64 Å². The maximum absolute atomic E-state index is 12.3. The Morgan fingerprint density at radius 1 is 1.18 bits per heavy atom. The summed E-state index contributed by atoms with van der Waals surface area (Å²) in [5.41, 5.74) is 2.46. The zero-order valence-corrected chi connectivity index (χ0v) is 14.4. The van der Waals surface area contributed by atoms with E-state index >= 15 is 0 Å². The van der Waals surface area contributed by atoms with Gasteiger partial charge in [-0.1, -0.05) is 53.6 Å². The lowest BCUT2D eigenvalue weighted by molar-refractivity contribution is 0.507. The van der Waals surface area contributed by atoms with Crippen LogP contribution in [0.25, 0.3) is 16.7 Å². The third-order valence-corrected chi connectivity index (χ3v) is 4.38. The normalized spacial score (nSPS) is 11.0. The number of benzene rings is 2. The van der Waals surface area contributed by atoms with Gasteiger partial charge in [0.2, 0.25) is 0 Å². The van der Waals surface area contributed by atoms with Gasteiger partial charge in [0.1, 0.15) is 10.2 Å². The Balaban J connectivity index is 2.22. The monoisotopic (exact) mass is 375 g/mol. The molecule has 1 heterocycles. The maximum atomic E-state index is 12.3. The molecule has 0 spiro atoms. The number of nitrogens with zero attached hydrogens (tertiary/aromatic N) is 1. The van der Waals surface area contributed by atoms with Crippen LogP contribution < -0.4 is 5.76 Å². The number of hydrogen-bond acceptors (Lipinski definition) is 3. The van der Waals surface area contributed by atoms with E-state index in [1.54, 1.807) is 6.07 Å². The molecule has 5 heteroatoms. The van der Waals surface area contributed by atoms with Gasteiger partial charge in [0.15, 0.2) is 0 Å². The number of fused-ring (bicyclic) bond motifs is 1. The third-order valence-electron chi connectivity index (χ3n) is 3.49. The molecule has 0 fully saturated rings. The second-order valence-electron chi connectivity index (χ2n) is 5.07. The van der Waals surface area contributed by atoms with E-state index in [2.05, 4.69) is 22.9 Å². The molecular formula is C17H14BrNO2S. The average molecular weight is 376 g/mol. The summed E-state index contributed by atoms with van der Waals surface area (Å²) in [5.74, 6) is -0.469. The van der Waals surface area contributed by atoms with E-state index in [0.29, 0.717) is 10.2 Å². The van der Waals surface area contributed by atoms with Crippen LogP contribution in [0.1, 0.15) is 18.9 Å². The van der Waals surface area contributed by atoms with E-state index in [1.165, 1.54) is 10.1 Å². The molecule has 0 aliphatic carbocycles. The Kier molecular flexibility index (Phi) is 4.27. The van der Waals surface area contributed by atoms with Crippen molar-refractivity contribution in [1.82, 2.24) is 4.57 Å². The fraction of sp³-hybridized carbons (Fsp3) is 0.176. The fourth-order valence-corrected chi connectivity index (χ4v) is 3.12. The van der Waals surface area contributed by atoms with Gasteiger partial charge in [0, 0.05) is 4.47 Å². The molecule has 1 aromatic heterocycles. The molecule has 0 unspecified atom stereocenters. The van der Waals surface area contributed by atoms with Crippen LogP contribution in [-0.2, 0) is 6.42 Å². The fourth-order valence-electron chi connectivity index (χ4n) is 2.42. The predicted octanol–water partition coefficient (Wildman–Crippen LogP) is 5.03. The van der Waals surface area contributed by atoms with Crippen LogP contribution in [0.2, 0.25) is 0 Å². The van der Waals surface area contributed by atoms with Crippen molar-refractivity contribution in [3.05, 3.63) is 67.7 Å². The first-order valence-electron chi connectivity index (χ1n) is 7.05. The van der Waals surface area contributed by atoms with Gasteiger partial charge in [0.25, 0.3) is 0 Å². The molecule has 0 N–H and O–H groups in total. The van der Waals surface area contributed by atoms with Crippen molar-refractivity contribution in [2.24, 2.45) is 0 Å². The number of hydrogen-bond donors (Lipinski definition) is 0. The van der Waals surface area contributed by atoms with Crippen LogP contribution in [0.5, 0.6) is 0 Å². The van der Waals surface area contributed by atoms with Crippen LogP contribution in [0.15, 0.2) is 56.1 Å². The lowest BCUT2D eigenvalue weighted by Gasteiger charge is -2.08. The molecule has 112 valence electrons. The van der Waals surface area contributed by atoms with Gasteiger partial charge in [-0.2, -0.15) is 0 Å². The lowest BCUT2D eigenvalue weighted by atomic mass is 10.1. The molecule has 2 aromatic carbocycles. The second-order valence-corrected chi connectivity index (χ2v) is 6.37. The first-order chi connectivity index (χ1) is 10.6. The largest absolute Gasteiger partial charge is 0.425 e. The molecule has 0 bridgehead atoms. The number of aryl methyl sites for hydroxylation is 1. The predicted molar refractivity (Wildman–Crippen MR) is 94.3 cm³/mol. The zero-order chi connectivity index (χ0) is 15.7. The van der Waals surface area contributed by atoms with Gasteiger partial charge >= 0.3 is 5.76 Å². The van der Waals surface area contributed by atoms with Gasteiger partial charge in [-0.25, -0.2) is 9.36 Å². The molecule has 3 nitrogen and oxygen atoms in total. The van der Waals surface area contributed by atoms with Crippen LogP contribution >= 0.6 is 28.1 Å². The highest BCUT2D eigenvalue weighted by atomic mass is 79.9. The van der Waals surface area contributed by atoms with Gasteiger partial charge in [-0.15, -0.1) is 0 Å². The van der Waals surface area contributed by atoms with E-state index in [-0.39, 0.29) is 0 Å². The van der Waals surface area contributed by atoms with E-state index < -0.39 is 5.76 Å². The number of halogens is 1. The van der Waals surface area contributed by atoms with Gasteiger partial charge in [0.05, 0.1) is 11.1 Å². The maximum Gasteiger partial charge on any atom is 0.425 e. The van der Waals surface area contributed by atoms with Crippen molar-refractivity contribution in [2.45, 2.75) is 19.8 Å². The number of rotatable bonds is 3. The first-order valence-corrected chi connectivity index (χ1v) is 8.25. The molecule has 22 heavy (non-hydrogen) atoms. The van der Waals surface area contributed by atoms with E-state index in [1.807, 2.05) is 36.4 Å². The minimum Gasteiger partial charge on any atom is -0.409 e. The molecule has 0 radical (unpaired) electrons. The van der Waals surface area contributed by atoms with Gasteiger partial charge < -0.3 is 4.42 Å². The summed E-state index contributed by atoms with van der Waals surface area (Å²) in [6.45, 7) is 2.14. The second kappa shape index (κ2) is 6.18. The first kappa shape index (κ1) is 15.2. The Hall–Kier alpha value is -1.72. The van der Waals surface area contributed by atoms with Gasteiger partial charge in [-0.3, -0.25) is 0 Å². The average Bonchev–Trinajstić information content (AvgIpc) is 2.50. The standard InChI is InChI=1S/C17H14BrNO2S/c1-2-3-11-4-7-13(8-5-11)19-16(22)14-10-12(18)6-9-15(14)21-17(19)20/h4-10H,2-3H2,1H3. The molecule has 0 aliphatic heterocycles. The smallest absolute Gasteiger partial charge is 0.409 e. The van der Waals surface area contributed by atoms with E-state index in [0.717, 1.165) is 28.4 Å². The highest BCUT2D eigenvalue weighted by Gasteiger charge is 2.09. The summed E-state index contributed by atoms with van der Waals surface area (Å²) >= 11 is 8.91. The summed E-state index contributed by atoms with van der Waals surface area (Å²) < 4.78 is 8.16. The Bertz CT molecular complexity index is 942. The van der Waals surface area contributed by atoms with Gasteiger partial charge in [-0.05, 0) is 42.3 Å². The Labute approximate surface area is 141 Å². The van der Waals surface area contributed by atoms with Crippen molar-refractivity contribution >= 4 is 39.1 Å². The number of aromatic nitrogens is 1. The van der Waals surface area contributed by atoms with E-state index in [9.17, 15) is 4.79 Å². The van der Waals surface area contributed by atoms with Crippen LogP contribution in [0.4, 0.5) is 0 Å². The molecule has 0 saturated heterocycles. The molecule has 3 rings (SSSR count). The Morgan fingerprint density at radius 3 is 2.59 bits per heavy atom. The highest BCUT2D eigenvalue weighted by Crippen LogP contribution is 2.21. The van der Waals surface area contributed by atoms with E-state index in [4.69, 9.17) is 16.6 Å². The molecule has 0 aliphatic rings. The summed E-state index contributed by atoms with van der Waals surface area (Å²) in [5, 5.41) is 0.738. The SMILES string of the molecule is CCCc1ccc(-n2c(=O)oc3ccc(Br)cc3c2=S)cc1. The summed E-state index contributed by atoms with van der Waals surface area (Å²) in [6, 6.07) is 13.3. The topological polar surface area (TPSA) is 35.1 Å². The van der Waals surface area contributed by atoms with Crippen molar-refractivity contribution in [3.8, 4) is 5.69 Å². The molecule has 0 saturated carbocycles. The highest BCUT2D eigenvalue weighted by molar-refractivity contribution is 9.10. The minimum absolute atomic E-state index is 0.454. The van der Waals surface area contributed by atoms with Crippen molar-refractivity contribution < 1.29 is 4.42 Å². The summed E-state index contributed by atoms with van der Waals surface area (Å²) in [6.07, 6.45) is 2.11. The van der Waals surface area contributed by atoms with Crippen molar-refractivity contribution in [1.29, 1.82) is 0 Å². The molecular weight excluding hydrogens is 362 g/mol. The minimum atomic E-state index is -0.469. The Morgan fingerprint density at radius 2 is 1.91 bits per heavy atom. The van der Waals surface area contributed by atoms with Crippen LogP contribution in [-0.4, -0.2) is 4.57 Å². The zero-order valence-electron chi connectivity index (χ0n) is 12.0. The lowest BCUT2D eigenvalue weighted by Crippen LogP contribution is -2.18. The molecule has 0 atom stereocenters. The summed E-state index contributed by atoms with van der Waals surface area (Å²) in [7, 11) is 0. The quantitative estimate of drug-likeness (QED) is 0.602. The molecule has 0 amide bonds. The summed E-state index contributed by atoms with van der Waals surface area (Å²) in [4.78, 5) is 12.3. The molecule has 3 aromatic rings. The third kappa shape index (κ3) is 2.78. The van der Waals surface area contributed by atoms with Crippen LogP contribution in [0.3, 0.4) is 0 Å².